The van der Waals surface area contributed by atoms with Crippen molar-refractivity contribution in [3.05, 3.63) is 23.8 Å². The van der Waals surface area contributed by atoms with Gasteiger partial charge in [0.2, 0.25) is 6.79 Å². The fourth-order valence-electron chi connectivity index (χ4n) is 1.48. The summed E-state index contributed by atoms with van der Waals surface area (Å²) in [5.74, 6) is 6.97. The van der Waals surface area contributed by atoms with Crippen molar-refractivity contribution in [1.82, 2.24) is 5.43 Å². The third-order valence-electron chi connectivity index (χ3n) is 2.26. The maximum absolute atomic E-state index is 5.33. The molecule has 14 heavy (non-hydrogen) atoms. The minimum Gasteiger partial charge on any atom is -0.454 e. The van der Waals surface area contributed by atoms with Crippen molar-refractivity contribution < 1.29 is 9.47 Å². The molecule has 4 heteroatoms. The molecule has 0 amide bonds. The molecule has 1 heterocycles. The van der Waals surface area contributed by atoms with E-state index >= 15 is 0 Å². The van der Waals surface area contributed by atoms with E-state index in [1.54, 1.807) is 0 Å². The van der Waals surface area contributed by atoms with E-state index in [-0.39, 0.29) is 6.04 Å². The zero-order chi connectivity index (χ0) is 9.97. The molecule has 1 aromatic rings. The van der Waals surface area contributed by atoms with E-state index in [1.807, 2.05) is 25.1 Å². The van der Waals surface area contributed by atoms with Crippen molar-refractivity contribution in [3.8, 4) is 11.5 Å². The number of rotatable bonds is 3. The second-order valence-corrected chi connectivity index (χ2v) is 3.46. The molecule has 76 valence electrons. The highest BCUT2D eigenvalue weighted by Gasteiger charge is 2.13. The SMILES string of the molecule is C[C@H](Cc1ccc2c(c1)OCO2)NN. The summed E-state index contributed by atoms with van der Waals surface area (Å²) in [4.78, 5) is 0. The summed E-state index contributed by atoms with van der Waals surface area (Å²) in [5.41, 5.74) is 3.90. The van der Waals surface area contributed by atoms with E-state index in [0.29, 0.717) is 6.79 Å². The molecule has 0 aromatic heterocycles. The Morgan fingerprint density at radius 3 is 3.00 bits per heavy atom. The molecule has 4 nitrogen and oxygen atoms in total. The number of hydrogen-bond acceptors (Lipinski definition) is 4. The Kier molecular flexibility index (Phi) is 2.56. The molecule has 1 aliphatic heterocycles. The average Bonchev–Trinajstić information content (AvgIpc) is 2.64. The van der Waals surface area contributed by atoms with Crippen LogP contribution in [0.4, 0.5) is 0 Å². The van der Waals surface area contributed by atoms with Crippen molar-refractivity contribution in [2.75, 3.05) is 6.79 Å². The third-order valence-corrected chi connectivity index (χ3v) is 2.26. The number of hydrogen-bond donors (Lipinski definition) is 2. The van der Waals surface area contributed by atoms with Gasteiger partial charge in [0.15, 0.2) is 11.5 Å². The Morgan fingerprint density at radius 2 is 2.21 bits per heavy atom. The van der Waals surface area contributed by atoms with E-state index in [0.717, 1.165) is 17.9 Å². The van der Waals surface area contributed by atoms with Crippen LogP contribution in [0.5, 0.6) is 11.5 Å². The van der Waals surface area contributed by atoms with E-state index in [9.17, 15) is 0 Å². The third kappa shape index (κ3) is 1.81. The average molecular weight is 194 g/mol. The molecule has 0 fully saturated rings. The summed E-state index contributed by atoms with van der Waals surface area (Å²) in [6.07, 6.45) is 0.882. The van der Waals surface area contributed by atoms with E-state index in [1.165, 1.54) is 5.56 Å². The predicted molar refractivity (Wildman–Crippen MR) is 53.1 cm³/mol. The minimum absolute atomic E-state index is 0.260. The van der Waals surface area contributed by atoms with Crippen LogP contribution in [0.25, 0.3) is 0 Å². The molecule has 3 N–H and O–H groups in total. The van der Waals surface area contributed by atoms with Crippen LogP contribution in [-0.4, -0.2) is 12.8 Å². The van der Waals surface area contributed by atoms with Crippen molar-refractivity contribution in [2.45, 2.75) is 19.4 Å². The molecule has 0 saturated heterocycles. The Morgan fingerprint density at radius 1 is 1.43 bits per heavy atom. The summed E-state index contributed by atoms with van der Waals surface area (Å²) in [6, 6.07) is 6.22. The fraction of sp³-hybridized carbons (Fsp3) is 0.400. The van der Waals surface area contributed by atoms with Crippen molar-refractivity contribution in [1.29, 1.82) is 0 Å². The summed E-state index contributed by atoms with van der Waals surface area (Å²) in [6.45, 7) is 2.36. The summed E-state index contributed by atoms with van der Waals surface area (Å²) < 4.78 is 10.5. The van der Waals surface area contributed by atoms with E-state index in [2.05, 4.69) is 5.43 Å². The molecule has 2 rings (SSSR count). The highest BCUT2D eigenvalue weighted by molar-refractivity contribution is 5.44. The summed E-state index contributed by atoms with van der Waals surface area (Å²) >= 11 is 0. The number of ether oxygens (including phenoxy) is 2. The topological polar surface area (TPSA) is 56.5 Å². The van der Waals surface area contributed by atoms with Gasteiger partial charge >= 0.3 is 0 Å². The Bertz CT molecular complexity index is 328. The van der Waals surface area contributed by atoms with Crippen LogP contribution >= 0.6 is 0 Å². The number of fused-ring (bicyclic) bond motifs is 1. The van der Waals surface area contributed by atoms with Crippen LogP contribution < -0.4 is 20.7 Å². The second-order valence-electron chi connectivity index (χ2n) is 3.46. The molecule has 0 spiro atoms. The van der Waals surface area contributed by atoms with Gasteiger partial charge in [-0.05, 0) is 31.0 Å². The monoisotopic (exact) mass is 194 g/mol. The number of benzene rings is 1. The lowest BCUT2D eigenvalue weighted by molar-refractivity contribution is 0.174. The molecular formula is C10H14N2O2. The lowest BCUT2D eigenvalue weighted by Gasteiger charge is -2.09. The van der Waals surface area contributed by atoms with Crippen molar-refractivity contribution >= 4 is 0 Å². The first-order chi connectivity index (χ1) is 6.79. The molecule has 0 radical (unpaired) electrons. The fourth-order valence-corrected chi connectivity index (χ4v) is 1.48. The zero-order valence-corrected chi connectivity index (χ0v) is 8.12. The summed E-state index contributed by atoms with van der Waals surface area (Å²) in [7, 11) is 0. The van der Waals surface area contributed by atoms with Gasteiger partial charge in [0.1, 0.15) is 0 Å². The van der Waals surface area contributed by atoms with Crippen LogP contribution in [0.1, 0.15) is 12.5 Å². The lowest BCUT2D eigenvalue weighted by Crippen LogP contribution is -2.33. The molecule has 0 unspecified atom stereocenters. The Labute approximate surface area is 83.0 Å². The molecule has 0 bridgehead atoms. The van der Waals surface area contributed by atoms with Gasteiger partial charge in [-0.1, -0.05) is 6.07 Å². The van der Waals surface area contributed by atoms with Gasteiger partial charge in [-0.15, -0.1) is 0 Å². The van der Waals surface area contributed by atoms with E-state index < -0.39 is 0 Å². The first kappa shape index (κ1) is 9.30. The molecular weight excluding hydrogens is 180 g/mol. The van der Waals surface area contributed by atoms with Gasteiger partial charge < -0.3 is 9.47 Å². The smallest absolute Gasteiger partial charge is 0.231 e. The number of nitrogens with one attached hydrogen (secondary N) is 1. The van der Waals surface area contributed by atoms with Crippen LogP contribution in [-0.2, 0) is 6.42 Å². The minimum atomic E-state index is 0.260. The summed E-state index contributed by atoms with van der Waals surface area (Å²) in [5, 5.41) is 0. The quantitative estimate of drug-likeness (QED) is 0.552. The van der Waals surface area contributed by atoms with Gasteiger partial charge in [0.25, 0.3) is 0 Å². The van der Waals surface area contributed by atoms with E-state index in [4.69, 9.17) is 15.3 Å². The molecule has 1 aromatic carbocycles. The van der Waals surface area contributed by atoms with Gasteiger partial charge in [0.05, 0.1) is 0 Å². The molecule has 1 atom stereocenters. The Balaban J connectivity index is 2.12. The highest BCUT2D eigenvalue weighted by Crippen LogP contribution is 2.32. The predicted octanol–water partition coefficient (Wildman–Crippen LogP) is 0.810. The first-order valence-electron chi connectivity index (χ1n) is 4.64. The van der Waals surface area contributed by atoms with Gasteiger partial charge in [-0.2, -0.15) is 0 Å². The zero-order valence-electron chi connectivity index (χ0n) is 8.12. The molecule has 0 aliphatic carbocycles. The largest absolute Gasteiger partial charge is 0.454 e. The van der Waals surface area contributed by atoms with Gasteiger partial charge in [0, 0.05) is 6.04 Å². The van der Waals surface area contributed by atoms with Crippen LogP contribution in [0.15, 0.2) is 18.2 Å². The maximum Gasteiger partial charge on any atom is 0.231 e. The van der Waals surface area contributed by atoms with Gasteiger partial charge in [-0.25, -0.2) is 0 Å². The highest BCUT2D eigenvalue weighted by atomic mass is 16.7. The standard InChI is InChI=1S/C10H14N2O2/c1-7(12-11)4-8-2-3-9-10(5-8)14-6-13-9/h2-3,5,7,12H,4,6,11H2,1H3/t7-/m1/s1. The number of hydrazine groups is 1. The van der Waals surface area contributed by atoms with Crippen molar-refractivity contribution in [2.24, 2.45) is 5.84 Å². The lowest BCUT2D eigenvalue weighted by atomic mass is 10.1. The van der Waals surface area contributed by atoms with Crippen LogP contribution in [0.2, 0.25) is 0 Å². The maximum atomic E-state index is 5.33. The van der Waals surface area contributed by atoms with Gasteiger partial charge in [-0.3, -0.25) is 11.3 Å². The Hall–Kier alpha value is -1.26. The molecule has 0 saturated carbocycles. The second kappa shape index (κ2) is 3.86. The molecule has 1 aliphatic rings. The van der Waals surface area contributed by atoms with Crippen LogP contribution in [0.3, 0.4) is 0 Å². The number of nitrogens with two attached hydrogens (primary N) is 1. The first-order valence-corrected chi connectivity index (χ1v) is 4.64. The normalized spacial score (nSPS) is 15.6. The van der Waals surface area contributed by atoms with Crippen molar-refractivity contribution in [3.63, 3.8) is 0 Å². The van der Waals surface area contributed by atoms with Crippen LogP contribution in [0, 0.1) is 0 Å².